The maximum atomic E-state index is 12.8. The van der Waals surface area contributed by atoms with Crippen molar-refractivity contribution >= 4 is 5.91 Å². The van der Waals surface area contributed by atoms with E-state index in [9.17, 15) is 4.79 Å². The number of rotatable bonds is 4. The van der Waals surface area contributed by atoms with Crippen molar-refractivity contribution in [2.75, 3.05) is 19.7 Å². The van der Waals surface area contributed by atoms with Crippen LogP contribution in [0.3, 0.4) is 0 Å². The van der Waals surface area contributed by atoms with Crippen LogP contribution < -0.4 is 4.74 Å². The summed E-state index contributed by atoms with van der Waals surface area (Å²) in [7, 11) is 0. The average Bonchev–Trinajstić information content (AvgIpc) is 3.30. The average molecular weight is 339 g/mol. The molecule has 3 heterocycles. The predicted molar refractivity (Wildman–Crippen MR) is 95.8 cm³/mol. The maximum absolute atomic E-state index is 12.8. The molecule has 0 spiro atoms. The standard InChI is InChI=1S/C20H25N3O2/c1-2-19-21-8-10-23(19)17-4-3-9-22(14-17)20(24)13-15-5-6-18-16(12-15)7-11-25-18/h5-6,8,10,12,17H,2-4,7,9,11,13-14H2,1H3/t17-/m0/s1. The Labute approximate surface area is 148 Å². The maximum Gasteiger partial charge on any atom is 0.227 e. The van der Waals surface area contributed by atoms with E-state index in [0.717, 1.165) is 62.5 Å². The van der Waals surface area contributed by atoms with Crippen molar-refractivity contribution in [3.63, 3.8) is 0 Å². The summed E-state index contributed by atoms with van der Waals surface area (Å²) in [5.74, 6) is 2.31. The molecule has 1 aromatic heterocycles. The number of amides is 1. The zero-order valence-corrected chi connectivity index (χ0v) is 14.8. The molecule has 5 nitrogen and oxygen atoms in total. The second kappa shape index (κ2) is 6.90. The van der Waals surface area contributed by atoms with Crippen LogP contribution in [-0.4, -0.2) is 40.1 Å². The third-order valence-corrected chi connectivity index (χ3v) is 5.32. The molecule has 25 heavy (non-hydrogen) atoms. The van der Waals surface area contributed by atoms with Crippen molar-refractivity contribution in [2.45, 2.75) is 45.1 Å². The Morgan fingerprint density at radius 3 is 3.20 bits per heavy atom. The first-order valence-corrected chi connectivity index (χ1v) is 9.28. The van der Waals surface area contributed by atoms with Crippen molar-refractivity contribution in [2.24, 2.45) is 0 Å². The van der Waals surface area contributed by atoms with Crippen molar-refractivity contribution in [3.8, 4) is 5.75 Å². The van der Waals surface area contributed by atoms with Gasteiger partial charge in [0.2, 0.25) is 5.91 Å². The highest BCUT2D eigenvalue weighted by atomic mass is 16.5. The second-order valence-electron chi connectivity index (χ2n) is 6.96. The van der Waals surface area contributed by atoms with Gasteiger partial charge >= 0.3 is 0 Å². The quantitative estimate of drug-likeness (QED) is 0.860. The van der Waals surface area contributed by atoms with Crippen LogP contribution in [0.5, 0.6) is 5.75 Å². The molecule has 0 saturated carbocycles. The number of likely N-dealkylation sites (tertiary alicyclic amines) is 1. The van der Waals surface area contributed by atoms with Gasteiger partial charge in [-0.15, -0.1) is 0 Å². The van der Waals surface area contributed by atoms with E-state index in [2.05, 4.69) is 28.7 Å². The van der Waals surface area contributed by atoms with Gasteiger partial charge in [-0.05, 0) is 30.0 Å². The van der Waals surface area contributed by atoms with Gasteiger partial charge in [-0.3, -0.25) is 4.79 Å². The molecule has 1 fully saturated rings. The van der Waals surface area contributed by atoms with Crippen LogP contribution >= 0.6 is 0 Å². The molecule has 1 aromatic carbocycles. The van der Waals surface area contributed by atoms with E-state index in [1.165, 1.54) is 5.56 Å². The van der Waals surface area contributed by atoms with Crippen LogP contribution in [0.15, 0.2) is 30.6 Å². The van der Waals surface area contributed by atoms with Crippen molar-refractivity contribution in [3.05, 3.63) is 47.5 Å². The third-order valence-electron chi connectivity index (χ3n) is 5.32. The van der Waals surface area contributed by atoms with Gasteiger partial charge in [0.15, 0.2) is 0 Å². The van der Waals surface area contributed by atoms with E-state index in [0.29, 0.717) is 12.5 Å². The zero-order valence-electron chi connectivity index (χ0n) is 14.8. The molecule has 4 rings (SSSR count). The lowest BCUT2D eigenvalue weighted by Crippen LogP contribution is -2.41. The van der Waals surface area contributed by atoms with E-state index in [1.807, 2.05) is 23.2 Å². The number of benzene rings is 1. The molecule has 1 atom stereocenters. The fourth-order valence-corrected chi connectivity index (χ4v) is 3.99. The molecule has 1 saturated heterocycles. The number of ether oxygens (including phenoxy) is 1. The minimum atomic E-state index is 0.224. The molecular weight excluding hydrogens is 314 g/mol. The Kier molecular flexibility index (Phi) is 4.47. The summed E-state index contributed by atoms with van der Waals surface area (Å²) >= 11 is 0. The van der Waals surface area contributed by atoms with Crippen LogP contribution in [0, 0.1) is 0 Å². The Balaban J connectivity index is 1.43. The van der Waals surface area contributed by atoms with Gasteiger partial charge in [-0.25, -0.2) is 4.98 Å². The number of imidazole rings is 1. The molecule has 0 bridgehead atoms. The van der Waals surface area contributed by atoms with Crippen molar-refractivity contribution < 1.29 is 9.53 Å². The van der Waals surface area contributed by atoms with Gasteiger partial charge in [0.1, 0.15) is 11.6 Å². The fourth-order valence-electron chi connectivity index (χ4n) is 3.99. The van der Waals surface area contributed by atoms with E-state index in [4.69, 9.17) is 4.74 Å². The molecule has 1 amide bonds. The van der Waals surface area contributed by atoms with Crippen LogP contribution in [0.1, 0.15) is 42.8 Å². The molecular formula is C20H25N3O2. The van der Waals surface area contributed by atoms with Gasteiger partial charge in [-0.2, -0.15) is 0 Å². The molecule has 0 aliphatic carbocycles. The minimum Gasteiger partial charge on any atom is -0.493 e. The van der Waals surface area contributed by atoms with Crippen LogP contribution in [0.2, 0.25) is 0 Å². The number of carbonyl (C=O) groups is 1. The first kappa shape index (κ1) is 16.2. The normalized spacial score (nSPS) is 19.6. The number of aryl methyl sites for hydroxylation is 1. The molecule has 0 radical (unpaired) electrons. The lowest BCUT2D eigenvalue weighted by Gasteiger charge is -2.34. The van der Waals surface area contributed by atoms with E-state index >= 15 is 0 Å². The monoisotopic (exact) mass is 339 g/mol. The minimum absolute atomic E-state index is 0.224. The Morgan fingerprint density at radius 1 is 1.40 bits per heavy atom. The number of piperidine rings is 1. The first-order valence-electron chi connectivity index (χ1n) is 9.28. The predicted octanol–water partition coefficient (Wildman–Crippen LogP) is 2.79. The summed E-state index contributed by atoms with van der Waals surface area (Å²) in [6.45, 7) is 4.53. The number of aromatic nitrogens is 2. The first-order chi connectivity index (χ1) is 12.2. The van der Waals surface area contributed by atoms with E-state index < -0.39 is 0 Å². The Hall–Kier alpha value is -2.30. The molecule has 132 valence electrons. The summed E-state index contributed by atoms with van der Waals surface area (Å²) in [4.78, 5) is 19.3. The van der Waals surface area contributed by atoms with Gasteiger partial charge in [0, 0.05) is 38.3 Å². The van der Waals surface area contributed by atoms with Crippen molar-refractivity contribution in [1.82, 2.24) is 14.5 Å². The number of hydrogen-bond donors (Lipinski definition) is 0. The number of hydrogen-bond acceptors (Lipinski definition) is 3. The van der Waals surface area contributed by atoms with Crippen LogP contribution in [-0.2, 0) is 24.1 Å². The van der Waals surface area contributed by atoms with Gasteiger partial charge < -0.3 is 14.2 Å². The smallest absolute Gasteiger partial charge is 0.227 e. The lowest BCUT2D eigenvalue weighted by atomic mass is 10.0. The lowest BCUT2D eigenvalue weighted by molar-refractivity contribution is -0.132. The summed E-state index contributed by atoms with van der Waals surface area (Å²) in [5, 5.41) is 0. The zero-order chi connectivity index (χ0) is 17.2. The molecule has 0 unspecified atom stereocenters. The summed E-state index contributed by atoms with van der Waals surface area (Å²) < 4.78 is 7.80. The summed E-state index contributed by atoms with van der Waals surface area (Å²) in [5.41, 5.74) is 2.32. The van der Waals surface area contributed by atoms with Crippen LogP contribution in [0.25, 0.3) is 0 Å². The Morgan fingerprint density at radius 2 is 2.32 bits per heavy atom. The summed E-state index contributed by atoms with van der Waals surface area (Å²) in [6.07, 6.45) is 8.44. The van der Waals surface area contributed by atoms with Gasteiger partial charge in [0.05, 0.1) is 19.1 Å². The molecule has 2 aliphatic rings. The number of carbonyl (C=O) groups excluding carboxylic acids is 1. The van der Waals surface area contributed by atoms with Gasteiger partial charge in [0.25, 0.3) is 0 Å². The highest BCUT2D eigenvalue weighted by Crippen LogP contribution is 2.27. The summed E-state index contributed by atoms with van der Waals surface area (Å²) in [6, 6.07) is 6.51. The van der Waals surface area contributed by atoms with E-state index in [1.54, 1.807) is 0 Å². The second-order valence-corrected chi connectivity index (χ2v) is 6.96. The molecule has 0 N–H and O–H groups in total. The SMILES string of the molecule is CCc1nccn1[C@H]1CCCN(C(=O)Cc2ccc3c(c2)CCO3)C1. The highest BCUT2D eigenvalue weighted by molar-refractivity contribution is 5.79. The number of fused-ring (bicyclic) bond motifs is 1. The molecule has 2 aliphatic heterocycles. The van der Waals surface area contributed by atoms with Gasteiger partial charge in [-0.1, -0.05) is 19.1 Å². The fraction of sp³-hybridized carbons (Fsp3) is 0.500. The number of nitrogens with zero attached hydrogens (tertiary/aromatic N) is 3. The third kappa shape index (κ3) is 3.28. The van der Waals surface area contributed by atoms with Crippen LogP contribution in [0.4, 0.5) is 0 Å². The highest BCUT2D eigenvalue weighted by Gasteiger charge is 2.26. The molecule has 2 aromatic rings. The largest absolute Gasteiger partial charge is 0.493 e. The van der Waals surface area contributed by atoms with E-state index in [-0.39, 0.29) is 5.91 Å². The topological polar surface area (TPSA) is 47.4 Å². The molecule has 5 heteroatoms. The van der Waals surface area contributed by atoms with Crippen molar-refractivity contribution in [1.29, 1.82) is 0 Å². The Bertz CT molecular complexity index is 768.